The smallest absolute Gasteiger partial charge is 0.240 e. The number of sulfonamides is 1. The number of rotatable bonds is 9. The van der Waals surface area contributed by atoms with Crippen LogP contribution >= 0.6 is 0 Å². The Balaban J connectivity index is 1.26. The molecule has 9 nitrogen and oxygen atoms in total. The molecular weight excluding hydrogens is 566 g/mol. The number of benzene rings is 2. The maximum absolute atomic E-state index is 13.9. The zero-order valence-electron chi connectivity index (χ0n) is 24.4. The lowest BCUT2D eigenvalue weighted by molar-refractivity contribution is -0.127. The first-order valence-electron chi connectivity index (χ1n) is 14.7. The van der Waals surface area contributed by atoms with Crippen molar-refractivity contribution in [2.24, 2.45) is 0 Å². The lowest BCUT2D eigenvalue weighted by Gasteiger charge is -2.27. The highest BCUT2D eigenvalue weighted by Gasteiger charge is 2.47. The Labute approximate surface area is 251 Å². The molecule has 224 valence electrons. The van der Waals surface area contributed by atoms with Crippen molar-refractivity contribution in [2.45, 2.75) is 63.7 Å². The molecule has 0 saturated heterocycles. The number of pyridine rings is 1. The van der Waals surface area contributed by atoms with Crippen LogP contribution in [-0.4, -0.2) is 44.5 Å². The zero-order chi connectivity index (χ0) is 30.3. The fourth-order valence-corrected chi connectivity index (χ4v) is 7.75. The molecule has 1 amide bonds. The predicted molar refractivity (Wildman–Crippen MR) is 161 cm³/mol. The molecule has 6 rings (SSSR count). The summed E-state index contributed by atoms with van der Waals surface area (Å²) in [6, 6.07) is 16.2. The van der Waals surface area contributed by atoms with Gasteiger partial charge >= 0.3 is 0 Å². The van der Waals surface area contributed by atoms with Crippen molar-refractivity contribution < 1.29 is 27.5 Å². The summed E-state index contributed by atoms with van der Waals surface area (Å²) in [7, 11) is -3.94. The summed E-state index contributed by atoms with van der Waals surface area (Å²) in [5.41, 5.74) is 6.81. The van der Waals surface area contributed by atoms with E-state index in [1.165, 1.54) is 0 Å². The summed E-state index contributed by atoms with van der Waals surface area (Å²) in [4.78, 5) is 31.5. The van der Waals surface area contributed by atoms with E-state index in [9.17, 15) is 18.0 Å². The standard InChI is InChI=1S/C33H35N3O6S/c1-4-41-31-25-11-8-16-34-28(25)27-26(30(31)37)29(35-33(27)42-5-2)22-14-12-20(17-19(22)3)18-43(39,40)36-32(38)24-15-13-21-9-6-7-10-23(21)24/h6-12,14,16-17,24,29,31,33,35H,4-5,13,15,18H2,1-3H3,(H,36,38). The van der Waals surface area contributed by atoms with Gasteiger partial charge in [0.05, 0.1) is 23.4 Å². The van der Waals surface area contributed by atoms with E-state index in [0.29, 0.717) is 42.0 Å². The number of aryl methyl sites for hydroxylation is 2. The van der Waals surface area contributed by atoms with Gasteiger partial charge in [-0.25, -0.2) is 8.42 Å². The molecule has 0 fully saturated rings. The topological polar surface area (TPSA) is 124 Å². The molecule has 1 aliphatic heterocycles. The van der Waals surface area contributed by atoms with Gasteiger partial charge in [0.2, 0.25) is 15.9 Å². The molecular formula is C33H35N3O6S. The van der Waals surface area contributed by atoms with Gasteiger partial charge in [-0.1, -0.05) is 48.5 Å². The van der Waals surface area contributed by atoms with E-state index in [-0.39, 0.29) is 11.5 Å². The first-order chi connectivity index (χ1) is 20.7. The summed E-state index contributed by atoms with van der Waals surface area (Å²) in [5, 5.41) is 3.47. The summed E-state index contributed by atoms with van der Waals surface area (Å²) >= 11 is 0. The van der Waals surface area contributed by atoms with Crippen LogP contribution in [0.3, 0.4) is 0 Å². The summed E-state index contributed by atoms with van der Waals surface area (Å²) in [6.07, 6.45) is 1.73. The van der Waals surface area contributed by atoms with Gasteiger partial charge in [0.1, 0.15) is 12.3 Å². The summed E-state index contributed by atoms with van der Waals surface area (Å²) in [5.74, 6) is -1.45. The molecule has 0 saturated carbocycles. The van der Waals surface area contributed by atoms with E-state index in [2.05, 4.69) is 15.0 Å². The number of hydrogen-bond acceptors (Lipinski definition) is 8. The Kier molecular flexibility index (Phi) is 8.04. The number of carbonyl (C=O) groups is 2. The van der Waals surface area contributed by atoms with Crippen LogP contribution in [-0.2, 0) is 41.3 Å². The molecule has 10 heteroatoms. The van der Waals surface area contributed by atoms with Crippen LogP contribution < -0.4 is 10.0 Å². The average Bonchev–Trinajstić information content (AvgIpc) is 3.57. The van der Waals surface area contributed by atoms with Crippen LogP contribution in [0.5, 0.6) is 0 Å². The first kappa shape index (κ1) is 29.4. The van der Waals surface area contributed by atoms with Crippen LogP contribution in [0.15, 0.2) is 66.4 Å². The number of fused-ring (bicyclic) bond motifs is 3. The van der Waals surface area contributed by atoms with E-state index in [1.807, 2.05) is 57.2 Å². The monoisotopic (exact) mass is 601 g/mol. The van der Waals surface area contributed by atoms with Crippen LogP contribution in [0.2, 0.25) is 0 Å². The molecule has 4 atom stereocenters. The van der Waals surface area contributed by atoms with Crippen molar-refractivity contribution >= 4 is 27.3 Å². The molecule has 2 N–H and O–H groups in total. The molecule has 3 aromatic rings. The van der Waals surface area contributed by atoms with Gasteiger partial charge in [0.25, 0.3) is 0 Å². The molecule has 3 aliphatic rings. The fraction of sp³-hybridized carbons (Fsp3) is 0.364. The third-order valence-electron chi connectivity index (χ3n) is 8.41. The summed E-state index contributed by atoms with van der Waals surface area (Å²) < 4.78 is 40.4. The Bertz CT molecular complexity index is 1730. The van der Waals surface area contributed by atoms with Gasteiger partial charge in [-0.05, 0) is 67.5 Å². The highest BCUT2D eigenvalue weighted by Crippen LogP contribution is 2.47. The maximum atomic E-state index is 13.9. The van der Waals surface area contributed by atoms with Gasteiger partial charge in [0.15, 0.2) is 5.78 Å². The van der Waals surface area contributed by atoms with Crippen LogP contribution in [0.4, 0.5) is 0 Å². The van der Waals surface area contributed by atoms with E-state index >= 15 is 0 Å². The van der Waals surface area contributed by atoms with E-state index in [4.69, 9.17) is 9.47 Å². The lowest BCUT2D eigenvalue weighted by atomic mass is 9.82. The molecule has 2 aliphatic carbocycles. The second kappa shape index (κ2) is 11.8. The van der Waals surface area contributed by atoms with E-state index in [1.54, 1.807) is 24.4 Å². The third kappa shape index (κ3) is 5.44. The highest BCUT2D eigenvalue weighted by molar-refractivity contribution is 7.89. The fourth-order valence-electron chi connectivity index (χ4n) is 6.61. The van der Waals surface area contributed by atoms with Crippen molar-refractivity contribution in [2.75, 3.05) is 13.2 Å². The normalized spacial score (nSPS) is 22.7. The van der Waals surface area contributed by atoms with Crippen LogP contribution in [0, 0.1) is 6.92 Å². The minimum atomic E-state index is -3.94. The number of ketones is 1. The number of nitrogens with zero attached hydrogens (tertiary/aromatic N) is 1. The number of nitrogens with one attached hydrogen (secondary N) is 2. The van der Waals surface area contributed by atoms with E-state index in [0.717, 1.165) is 34.2 Å². The predicted octanol–water partition coefficient (Wildman–Crippen LogP) is 4.19. The molecule has 0 bridgehead atoms. The number of aromatic nitrogens is 1. The Morgan fingerprint density at radius 2 is 1.77 bits per heavy atom. The second-order valence-electron chi connectivity index (χ2n) is 11.1. The molecule has 43 heavy (non-hydrogen) atoms. The first-order valence-corrected chi connectivity index (χ1v) is 16.3. The quantitative estimate of drug-likeness (QED) is 0.374. The SMILES string of the molecule is CCOC1NC(c2ccc(CS(=O)(=O)NC(=O)C3CCc4ccccc43)cc2C)C2=C1c1ncccc1C(OCC)C2=O. The largest absolute Gasteiger partial charge is 0.366 e. The van der Waals surface area contributed by atoms with E-state index < -0.39 is 40.2 Å². The zero-order valence-corrected chi connectivity index (χ0v) is 25.2. The maximum Gasteiger partial charge on any atom is 0.240 e. The molecule has 0 spiro atoms. The third-order valence-corrected chi connectivity index (χ3v) is 9.64. The van der Waals surface area contributed by atoms with Crippen molar-refractivity contribution in [3.8, 4) is 0 Å². The Hall–Kier alpha value is -3.70. The van der Waals surface area contributed by atoms with Crippen molar-refractivity contribution in [3.05, 3.63) is 105 Å². The molecule has 2 aromatic carbocycles. The van der Waals surface area contributed by atoms with Crippen molar-refractivity contribution in [1.29, 1.82) is 0 Å². The van der Waals surface area contributed by atoms with Gasteiger partial charge in [-0.3, -0.25) is 24.6 Å². The van der Waals surface area contributed by atoms with Crippen LogP contribution in [0.25, 0.3) is 5.57 Å². The number of hydrogen-bond donors (Lipinski definition) is 2. The minimum absolute atomic E-state index is 0.140. The Morgan fingerprint density at radius 3 is 2.53 bits per heavy atom. The second-order valence-corrected chi connectivity index (χ2v) is 12.8. The lowest BCUT2D eigenvalue weighted by Crippen LogP contribution is -2.35. The number of amides is 1. The van der Waals surface area contributed by atoms with Gasteiger partial charge < -0.3 is 9.47 Å². The molecule has 2 heterocycles. The van der Waals surface area contributed by atoms with Crippen LogP contribution in [0.1, 0.15) is 77.4 Å². The molecule has 4 unspecified atom stereocenters. The van der Waals surface area contributed by atoms with Crippen molar-refractivity contribution in [3.63, 3.8) is 0 Å². The number of ether oxygens (including phenoxy) is 2. The minimum Gasteiger partial charge on any atom is -0.366 e. The Morgan fingerprint density at radius 1 is 1.00 bits per heavy atom. The highest BCUT2D eigenvalue weighted by atomic mass is 32.2. The van der Waals surface area contributed by atoms with Gasteiger partial charge in [0, 0.05) is 36.1 Å². The average molecular weight is 602 g/mol. The van der Waals surface area contributed by atoms with Gasteiger partial charge in [-0.2, -0.15) is 0 Å². The number of Topliss-reactive ketones (excluding diaryl/α,β-unsaturated/α-hetero) is 1. The summed E-state index contributed by atoms with van der Waals surface area (Å²) in [6.45, 7) is 6.43. The molecule has 0 radical (unpaired) electrons. The van der Waals surface area contributed by atoms with Gasteiger partial charge in [-0.15, -0.1) is 0 Å². The van der Waals surface area contributed by atoms with Crippen molar-refractivity contribution in [1.82, 2.24) is 15.0 Å². The molecule has 1 aromatic heterocycles. The number of carbonyl (C=O) groups excluding carboxylic acids is 2.